The molecule has 5 nitrogen and oxygen atoms in total. The zero-order valence-electron chi connectivity index (χ0n) is 11.6. The predicted molar refractivity (Wildman–Crippen MR) is 82.6 cm³/mol. The molecule has 3 amide bonds. The average molecular weight is 303 g/mol. The molecular formula is C15H17N3O2S. The van der Waals surface area contributed by atoms with Gasteiger partial charge in [-0.3, -0.25) is 9.69 Å². The van der Waals surface area contributed by atoms with Crippen molar-refractivity contribution < 1.29 is 9.59 Å². The first-order valence-corrected chi connectivity index (χ1v) is 7.46. The van der Waals surface area contributed by atoms with Crippen molar-refractivity contribution in [2.45, 2.75) is 37.8 Å². The highest BCUT2D eigenvalue weighted by atomic mass is 32.1. The van der Waals surface area contributed by atoms with Crippen molar-refractivity contribution in [3.8, 4) is 0 Å². The molecule has 0 bridgehead atoms. The van der Waals surface area contributed by atoms with E-state index in [0.29, 0.717) is 5.56 Å². The fourth-order valence-corrected chi connectivity index (χ4v) is 3.41. The normalized spacial score (nSPS) is 20.1. The molecule has 1 aromatic rings. The monoisotopic (exact) mass is 303 g/mol. The summed E-state index contributed by atoms with van der Waals surface area (Å²) >= 11 is 5.02. The summed E-state index contributed by atoms with van der Waals surface area (Å²) in [6.45, 7) is 0.208. The number of hydrogen-bond acceptors (Lipinski definition) is 3. The van der Waals surface area contributed by atoms with Crippen LogP contribution in [0.2, 0.25) is 0 Å². The third-order valence-corrected chi connectivity index (χ3v) is 4.53. The summed E-state index contributed by atoms with van der Waals surface area (Å²) in [6, 6.07) is 7.01. The topological polar surface area (TPSA) is 75.4 Å². The Morgan fingerprint density at radius 3 is 2.62 bits per heavy atom. The van der Waals surface area contributed by atoms with Crippen molar-refractivity contribution in [2.24, 2.45) is 5.73 Å². The van der Waals surface area contributed by atoms with E-state index in [9.17, 15) is 9.59 Å². The highest BCUT2D eigenvalue weighted by Gasteiger charge is 2.52. The molecule has 1 saturated carbocycles. The first-order chi connectivity index (χ1) is 10.0. The molecule has 3 rings (SSSR count). The minimum Gasteiger partial charge on any atom is -0.389 e. The maximum Gasteiger partial charge on any atom is 0.325 e. The van der Waals surface area contributed by atoms with Crippen molar-refractivity contribution in [3.63, 3.8) is 0 Å². The summed E-state index contributed by atoms with van der Waals surface area (Å²) < 4.78 is 0. The Morgan fingerprint density at radius 2 is 1.95 bits per heavy atom. The molecule has 6 heteroatoms. The van der Waals surface area contributed by atoms with Crippen LogP contribution in [-0.4, -0.2) is 27.4 Å². The Balaban J connectivity index is 1.87. The second-order valence-electron chi connectivity index (χ2n) is 5.63. The molecule has 0 radical (unpaired) electrons. The lowest BCUT2D eigenvalue weighted by atomic mass is 9.98. The molecule has 1 aliphatic heterocycles. The van der Waals surface area contributed by atoms with E-state index in [1.165, 1.54) is 4.90 Å². The number of nitrogens with zero attached hydrogens (tertiary/aromatic N) is 1. The summed E-state index contributed by atoms with van der Waals surface area (Å²) in [7, 11) is 0. The first-order valence-electron chi connectivity index (χ1n) is 7.05. The minimum absolute atomic E-state index is 0.122. The van der Waals surface area contributed by atoms with E-state index in [4.69, 9.17) is 18.0 Å². The zero-order valence-corrected chi connectivity index (χ0v) is 12.4. The van der Waals surface area contributed by atoms with Crippen molar-refractivity contribution >= 4 is 29.1 Å². The number of carbonyl (C=O) groups excluding carboxylic acids is 2. The van der Waals surface area contributed by atoms with Crippen LogP contribution in [0.25, 0.3) is 0 Å². The van der Waals surface area contributed by atoms with Gasteiger partial charge in [-0.15, -0.1) is 0 Å². The van der Waals surface area contributed by atoms with Crippen LogP contribution < -0.4 is 11.1 Å². The number of nitrogens with two attached hydrogens (primary N) is 1. The molecule has 0 atom stereocenters. The molecule has 1 heterocycles. The minimum atomic E-state index is -0.671. The predicted octanol–water partition coefficient (Wildman–Crippen LogP) is 1.69. The Morgan fingerprint density at radius 1 is 1.29 bits per heavy atom. The first kappa shape index (κ1) is 14.0. The van der Waals surface area contributed by atoms with E-state index >= 15 is 0 Å². The Hall–Kier alpha value is -1.95. The highest BCUT2D eigenvalue weighted by molar-refractivity contribution is 7.80. The largest absolute Gasteiger partial charge is 0.389 e. The summed E-state index contributed by atoms with van der Waals surface area (Å²) in [5, 5.41) is 2.87. The van der Waals surface area contributed by atoms with Crippen LogP contribution in [0.15, 0.2) is 24.3 Å². The SMILES string of the molecule is NC(=S)c1ccccc1CN1C(=O)NC2(CCCC2)C1=O. The molecule has 2 fully saturated rings. The van der Waals surface area contributed by atoms with Crippen molar-refractivity contribution in [1.29, 1.82) is 0 Å². The number of carbonyl (C=O) groups is 2. The second kappa shape index (κ2) is 5.11. The van der Waals surface area contributed by atoms with Gasteiger partial charge in [0.15, 0.2) is 0 Å². The van der Waals surface area contributed by atoms with Gasteiger partial charge in [-0.2, -0.15) is 0 Å². The summed E-state index contributed by atoms with van der Waals surface area (Å²) in [6.07, 6.45) is 3.41. The van der Waals surface area contributed by atoms with Gasteiger partial charge in [0.25, 0.3) is 5.91 Å². The number of rotatable bonds is 3. The fourth-order valence-electron chi connectivity index (χ4n) is 3.21. The average Bonchev–Trinajstić information content (AvgIpc) is 3.01. The number of amides is 3. The van der Waals surface area contributed by atoms with Crippen LogP contribution in [0.1, 0.15) is 36.8 Å². The number of urea groups is 1. The van der Waals surface area contributed by atoms with Crippen molar-refractivity contribution in [2.75, 3.05) is 0 Å². The second-order valence-corrected chi connectivity index (χ2v) is 6.07. The van der Waals surface area contributed by atoms with Crippen molar-refractivity contribution in [3.05, 3.63) is 35.4 Å². The molecule has 1 aliphatic carbocycles. The van der Waals surface area contributed by atoms with Gasteiger partial charge in [-0.1, -0.05) is 49.3 Å². The lowest BCUT2D eigenvalue weighted by molar-refractivity contribution is -0.131. The maximum atomic E-state index is 12.6. The molecule has 0 unspecified atom stereocenters. The lowest BCUT2D eigenvalue weighted by Gasteiger charge is -2.20. The number of benzene rings is 1. The third-order valence-electron chi connectivity index (χ3n) is 4.31. The molecule has 1 spiro atoms. The van der Waals surface area contributed by atoms with Crippen LogP contribution in [0.5, 0.6) is 0 Å². The quantitative estimate of drug-likeness (QED) is 0.658. The molecule has 21 heavy (non-hydrogen) atoms. The van der Waals surface area contributed by atoms with E-state index < -0.39 is 5.54 Å². The maximum absolute atomic E-state index is 12.6. The Kier molecular flexibility index (Phi) is 3.41. The summed E-state index contributed by atoms with van der Waals surface area (Å²) in [5.74, 6) is -0.122. The van der Waals surface area contributed by atoms with Gasteiger partial charge < -0.3 is 11.1 Å². The van der Waals surface area contributed by atoms with E-state index in [-0.39, 0.29) is 23.5 Å². The van der Waals surface area contributed by atoms with Gasteiger partial charge in [0.05, 0.1) is 6.54 Å². The van der Waals surface area contributed by atoms with Gasteiger partial charge in [0.2, 0.25) is 0 Å². The number of hydrogen-bond donors (Lipinski definition) is 2. The highest BCUT2D eigenvalue weighted by Crippen LogP contribution is 2.35. The van der Waals surface area contributed by atoms with E-state index in [2.05, 4.69) is 5.32 Å². The molecule has 1 aromatic carbocycles. The summed E-state index contributed by atoms with van der Waals surface area (Å²) in [4.78, 5) is 26.3. The lowest BCUT2D eigenvalue weighted by Crippen LogP contribution is -2.44. The van der Waals surface area contributed by atoms with Gasteiger partial charge in [-0.25, -0.2) is 4.79 Å². The van der Waals surface area contributed by atoms with Gasteiger partial charge in [0.1, 0.15) is 10.5 Å². The standard InChI is InChI=1S/C15H17N3O2S/c16-12(21)11-6-2-1-5-10(11)9-18-13(19)15(17-14(18)20)7-3-4-8-15/h1-2,5-6H,3-4,7-9H2,(H2,16,21)(H,17,20). The fraction of sp³-hybridized carbons (Fsp3) is 0.400. The molecule has 3 N–H and O–H groups in total. The molecular weight excluding hydrogens is 286 g/mol. The van der Waals surface area contributed by atoms with Crippen LogP contribution >= 0.6 is 12.2 Å². The smallest absolute Gasteiger partial charge is 0.325 e. The zero-order chi connectivity index (χ0) is 15.0. The molecule has 0 aromatic heterocycles. The van der Waals surface area contributed by atoms with E-state index in [1.54, 1.807) is 0 Å². The number of imide groups is 1. The van der Waals surface area contributed by atoms with Gasteiger partial charge >= 0.3 is 6.03 Å². The Bertz CT molecular complexity index is 623. The molecule has 110 valence electrons. The van der Waals surface area contributed by atoms with E-state index in [1.807, 2.05) is 24.3 Å². The molecule has 2 aliphatic rings. The van der Waals surface area contributed by atoms with Gasteiger partial charge in [0, 0.05) is 5.56 Å². The Labute approximate surface area is 128 Å². The van der Waals surface area contributed by atoms with Crippen LogP contribution in [-0.2, 0) is 11.3 Å². The van der Waals surface area contributed by atoms with Crippen molar-refractivity contribution in [1.82, 2.24) is 10.2 Å². The van der Waals surface area contributed by atoms with E-state index in [0.717, 1.165) is 31.2 Å². The molecule has 1 saturated heterocycles. The summed E-state index contributed by atoms with van der Waals surface area (Å²) in [5.41, 5.74) is 6.53. The van der Waals surface area contributed by atoms with Gasteiger partial charge in [-0.05, 0) is 18.4 Å². The number of nitrogens with one attached hydrogen (secondary N) is 1. The third kappa shape index (κ3) is 2.29. The van der Waals surface area contributed by atoms with Crippen LogP contribution in [0.3, 0.4) is 0 Å². The number of thiocarbonyl (C=S) groups is 1. The van der Waals surface area contributed by atoms with Crippen LogP contribution in [0, 0.1) is 0 Å². The van der Waals surface area contributed by atoms with Crippen LogP contribution in [0.4, 0.5) is 4.79 Å².